The van der Waals surface area contributed by atoms with Gasteiger partial charge >= 0.3 is 0 Å². The molecule has 1 heterocycles. The summed E-state index contributed by atoms with van der Waals surface area (Å²) in [6.45, 7) is 4.73. The molecule has 2 heteroatoms. The van der Waals surface area contributed by atoms with Crippen molar-refractivity contribution >= 4 is 32.3 Å². The molecular weight excluding hydrogens is 689 g/mol. The van der Waals surface area contributed by atoms with E-state index in [9.17, 15) is 0 Å². The molecule has 1 aliphatic rings. The number of fused-ring (bicyclic) bond motifs is 7. The van der Waals surface area contributed by atoms with E-state index in [2.05, 4.69) is 202 Å². The van der Waals surface area contributed by atoms with Gasteiger partial charge in [-0.05, 0) is 107 Å². The molecule has 9 aromatic carbocycles. The average molecular weight is 727 g/mol. The smallest absolute Gasteiger partial charge is 0.161 e. The SMILES string of the molecule is CC1(C)c2ccc(-c3cccc(-c4ccc(-c5nc(-c6ccccc6)cc(-c6ccc7ccccc7c6)n5)c5ccccc45)c3)cc2-c2ccc3ccccc3c21. The third kappa shape index (κ3) is 5.48. The fourth-order valence-corrected chi connectivity index (χ4v) is 9.23. The maximum atomic E-state index is 5.27. The van der Waals surface area contributed by atoms with Crippen molar-refractivity contribution in [3.8, 4) is 67.3 Å². The van der Waals surface area contributed by atoms with E-state index in [0.29, 0.717) is 5.82 Å². The fraction of sp³-hybridized carbons (Fsp3) is 0.0545. The van der Waals surface area contributed by atoms with E-state index < -0.39 is 0 Å². The highest BCUT2D eigenvalue weighted by Crippen LogP contribution is 2.52. The van der Waals surface area contributed by atoms with Gasteiger partial charge in [-0.1, -0.05) is 178 Å². The van der Waals surface area contributed by atoms with Crippen LogP contribution in [0.5, 0.6) is 0 Å². The summed E-state index contributed by atoms with van der Waals surface area (Å²) in [5, 5.41) is 7.34. The van der Waals surface area contributed by atoms with Gasteiger partial charge in [-0.25, -0.2) is 9.97 Å². The Morgan fingerprint density at radius 3 is 1.74 bits per heavy atom. The van der Waals surface area contributed by atoms with Gasteiger partial charge in [0.05, 0.1) is 11.4 Å². The van der Waals surface area contributed by atoms with Crippen LogP contribution < -0.4 is 0 Å². The lowest BCUT2D eigenvalue weighted by atomic mass is 9.80. The van der Waals surface area contributed by atoms with Crippen molar-refractivity contribution in [2.24, 2.45) is 0 Å². The molecule has 0 fully saturated rings. The van der Waals surface area contributed by atoms with Crippen molar-refractivity contribution in [3.63, 3.8) is 0 Å². The van der Waals surface area contributed by atoms with Crippen molar-refractivity contribution in [2.45, 2.75) is 19.3 Å². The summed E-state index contributed by atoms with van der Waals surface area (Å²) in [7, 11) is 0. The van der Waals surface area contributed by atoms with Crippen molar-refractivity contribution in [1.82, 2.24) is 9.97 Å². The van der Waals surface area contributed by atoms with Gasteiger partial charge in [-0.3, -0.25) is 0 Å². The molecule has 0 amide bonds. The van der Waals surface area contributed by atoms with E-state index in [1.54, 1.807) is 0 Å². The van der Waals surface area contributed by atoms with Crippen LogP contribution in [0.4, 0.5) is 0 Å². The highest BCUT2D eigenvalue weighted by atomic mass is 14.9. The molecule has 1 aromatic heterocycles. The van der Waals surface area contributed by atoms with Crippen LogP contribution >= 0.6 is 0 Å². The fourth-order valence-electron chi connectivity index (χ4n) is 9.23. The number of hydrogen-bond acceptors (Lipinski definition) is 2. The van der Waals surface area contributed by atoms with Crippen LogP contribution in [0.2, 0.25) is 0 Å². The summed E-state index contributed by atoms with van der Waals surface area (Å²) >= 11 is 0. The van der Waals surface area contributed by atoms with E-state index in [1.165, 1.54) is 71.4 Å². The third-order valence-corrected chi connectivity index (χ3v) is 12.0. The lowest BCUT2D eigenvalue weighted by Crippen LogP contribution is -2.15. The molecule has 0 N–H and O–H groups in total. The molecule has 0 radical (unpaired) electrons. The molecule has 0 bridgehead atoms. The molecular formula is C55H38N2. The number of nitrogens with zero attached hydrogens (tertiary/aromatic N) is 2. The summed E-state index contributed by atoms with van der Waals surface area (Å²) in [6.07, 6.45) is 0. The Bertz CT molecular complexity index is 3210. The van der Waals surface area contributed by atoms with Crippen molar-refractivity contribution < 1.29 is 0 Å². The highest BCUT2D eigenvalue weighted by molar-refractivity contribution is 6.05. The monoisotopic (exact) mass is 726 g/mol. The Labute approximate surface area is 332 Å². The maximum Gasteiger partial charge on any atom is 0.161 e. The van der Waals surface area contributed by atoms with Crippen molar-refractivity contribution in [1.29, 1.82) is 0 Å². The van der Waals surface area contributed by atoms with Gasteiger partial charge in [-0.2, -0.15) is 0 Å². The zero-order chi connectivity index (χ0) is 38.1. The zero-order valence-electron chi connectivity index (χ0n) is 31.9. The van der Waals surface area contributed by atoms with Gasteiger partial charge in [0.25, 0.3) is 0 Å². The molecule has 1 aliphatic carbocycles. The largest absolute Gasteiger partial charge is 0.228 e. The standard InChI is InChI=1S/C55H38N2/c1-55(2)50-30-26-40(33-49(50)47-27-25-36-14-8-9-20-44(36)53(47)55)39-18-12-19-41(31-39)43-28-29-48(46-22-11-10-21-45(43)46)54-56-51(37-15-4-3-5-16-37)34-52(57-54)42-24-23-35-13-6-7-17-38(35)32-42/h3-34H,1-2H3. The summed E-state index contributed by atoms with van der Waals surface area (Å²) in [4.78, 5) is 10.5. The minimum atomic E-state index is -0.0763. The first-order valence-electron chi connectivity index (χ1n) is 19.7. The van der Waals surface area contributed by atoms with Crippen LogP contribution in [-0.4, -0.2) is 9.97 Å². The zero-order valence-corrected chi connectivity index (χ0v) is 31.9. The minimum Gasteiger partial charge on any atom is -0.228 e. The number of benzene rings is 9. The topological polar surface area (TPSA) is 25.8 Å². The molecule has 57 heavy (non-hydrogen) atoms. The summed E-state index contributed by atoms with van der Waals surface area (Å²) in [6, 6.07) is 70.1. The van der Waals surface area contributed by atoms with E-state index in [0.717, 1.165) is 33.5 Å². The molecule has 10 aromatic rings. The van der Waals surface area contributed by atoms with Crippen LogP contribution in [0.3, 0.4) is 0 Å². The van der Waals surface area contributed by atoms with Gasteiger partial charge in [0.15, 0.2) is 5.82 Å². The Balaban J connectivity index is 1.02. The molecule has 0 unspecified atom stereocenters. The molecule has 0 spiro atoms. The molecule has 0 saturated heterocycles. The van der Waals surface area contributed by atoms with E-state index in [-0.39, 0.29) is 5.41 Å². The summed E-state index contributed by atoms with van der Waals surface area (Å²) in [5.41, 5.74) is 15.1. The average Bonchev–Trinajstić information content (AvgIpc) is 3.51. The molecule has 0 aliphatic heterocycles. The van der Waals surface area contributed by atoms with E-state index in [1.807, 2.05) is 6.07 Å². The van der Waals surface area contributed by atoms with Gasteiger partial charge in [-0.15, -0.1) is 0 Å². The number of rotatable bonds is 5. The normalized spacial score (nSPS) is 12.9. The van der Waals surface area contributed by atoms with Crippen LogP contribution in [-0.2, 0) is 5.41 Å². The molecule has 0 atom stereocenters. The van der Waals surface area contributed by atoms with Gasteiger partial charge < -0.3 is 0 Å². The Kier molecular flexibility index (Phi) is 7.55. The minimum absolute atomic E-state index is 0.0763. The van der Waals surface area contributed by atoms with Crippen LogP contribution in [0.1, 0.15) is 25.0 Å². The van der Waals surface area contributed by atoms with Crippen LogP contribution in [0, 0.1) is 0 Å². The Morgan fingerprint density at radius 1 is 0.333 bits per heavy atom. The van der Waals surface area contributed by atoms with E-state index in [4.69, 9.17) is 9.97 Å². The number of hydrogen-bond donors (Lipinski definition) is 0. The highest BCUT2D eigenvalue weighted by Gasteiger charge is 2.37. The lowest BCUT2D eigenvalue weighted by molar-refractivity contribution is 0.666. The molecule has 2 nitrogen and oxygen atoms in total. The Hall–Kier alpha value is -7.16. The second-order valence-electron chi connectivity index (χ2n) is 15.8. The predicted octanol–water partition coefficient (Wildman–Crippen LogP) is 14.6. The molecule has 0 saturated carbocycles. The van der Waals surface area contributed by atoms with Gasteiger partial charge in [0.2, 0.25) is 0 Å². The van der Waals surface area contributed by atoms with Crippen molar-refractivity contribution in [3.05, 3.63) is 205 Å². The Morgan fingerprint density at radius 2 is 0.912 bits per heavy atom. The number of aromatic nitrogens is 2. The lowest BCUT2D eigenvalue weighted by Gasteiger charge is -2.23. The van der Waals surface area contributed by atoms with Gasteiger partial charge in [0, 0.05) is 22.1 Å². The molecule has 11 rings (SSSR count). The first kappa shape index (κ1) is 33.2. The molecule has 268 valence electrons. The maximum absolute atomic E-state index is 5.27. The third-order valence-electron chi connectivity index (χ3n) is 12.0. The summed E-state index contributed by atoms with van der Waals surface area (Å²) < 4.78 is 0. The van der Waals surface area contributed by atoms with Crippen LogP contribution in [0.15, 0.2) is 194 Å². The van der Waals surface area contributed by atoms with Crippen molar-refractivity contribution in [2.75, 3.05) is 0 Å². The predicted molar refractivity (Wildman–Crippen MR) is 239 cm³/mol. The van der Waals surface area contributed by atoms with Gasteiger partial charge in [0.1, 0.15) is 0 Å². The second-order valence-corrected chi connectivity index (χ2v) is 15.8. The summed E-state index contributed by atoms with van der Waals surface area (Å²) in [5.74, 6) is 0.713. The first-order valence-corrected chi connectivity index (χ1v) is 19.7. The first-order chi connectivity index (χ1) is 28.0. The van der Waals surface area contributed by atoms with Crippen LogP contribution in [0.25, 0.3) is 99.6 Å². The quantitative estimate of drug-likeness (QED) is 0.176. The second kappa shape index (κ2) is 13.0. The van der Waals surface area contributed by atoms with E-state index >= 15 is 0 Å².